The molecule has 0 unspecified atom stereocenters. The number of fused-ring (bicyclic) bond motifs is 1. The van der Waals surface area contributed by atoms with Crippen molar-refractivity contribution in [3.8, 4) is 5.88 Å². The van der Waals surface area contributed by atoms with Crippen molar-refractivity contribution < 1.29 is 4.74 Å². The first-order valence-electron chi connectivity index (χ1n) is 5.91. The monoisotopic (exact) mass is 249 g/mol. The molecule has 18 heavy (non-hydrogen) atoms. The molecule has 0 atom stereocenters. The molecular formula is C12H19N5O. The highest BCUT2D eigenvalue weighted by Gasteiger charge is 2.11. The van der Waals surface area contributed by atoms with Gasteiger partial charge in [-0.05, 0) is 6.92 Å². The Morgan fingerprint density at radius 3 is 2.78 bits per heavy atom. The first kappa shape index (κ1) is 14.0. The standard InChI is InChI=1S/C10H13N5O.C2H6/c1-3-4-5-16-9-7-8(13-10(11)14-9)15(2)6-12-7;1-2/h3-4,6H,5H2,1-2H3,(H2,11,13,14);1-2H3/b4-3+;. The summed E-state index contributed by atoms with van der Waals surface area (Å²) in [6.45, 7) is 6.37. The summed E-state index contributed by atoms with van der Waals surface area (Å²) < 4.78 is 7.23. The number of ether oxygens (including phenoxy) is 1. The predicted molar refractivity (Wildman–Crippen MR) is 72.4 cm³/mol. The molecule has 0 aliphatic rings. The molecule has 0 aliphatic carbocycles. The Balaban J connectivity index is 0.000000771. The lowest BCUT2D eigenvalue weighted by atomic mass is 10.5. The van der Waals surface area contributed by atoms with Gasteiger partial charge in [0.2, 0.25) is 11.8 Å². The Morgan fingerprint density at radius 2 is 2.11 bits per heavy atom. The van der Waals surface area contributed by atoms with Gasteiger partial charge < -0.3 is 15.0 Å². The third kappa shape index (κ3) is 2.97. The third-order valence-corrected chi connectivity index (χ3v) is 2.10. The molecule has 0 fully saturated rings. The lowest BCUT2D eigenvalue weighted by Crippen LogP contribution is -2.02. The van der Waals surface area contributed by atoms with E-state index in [1.807, 2.05) is 40.0 Å². The maximum atomic E-state index is 5.60. The highest BCUT2D eigenvalue weighted by molar-refractivity contribution is 5.77. The van der Waals surface area contributed by atoms with Gasteiger partial charge in [-0.3, -0.25) is 0 Å². The smallest absolute Gasteiger partial charge is 0.247 e. The van der Waals surface area contributed by atoms with Gasteiger partial charge in [0.15, 0.2) is 11.2 Å². The number of hydrogen-bond acceptors (Lipinski definition) is 5. The molecule has 0 spiro atoms. The van der Waals surface area contributed by atoms with Crippen LogP contribution in [-0.4, -0.2) is 26.1 Å². The fourth-order valence-electron chi connectivity index (χ4n) is 1.32. The number of rotatable bonds is 3. The molecule has 2 aromatic rings. The van der Waals surface area contributed by atoms with E-state index in [-0.39, 0.29) is 5.95 Å². The number of allylic oxidation sites excluding steroid dienone is 1. The zero-order valence-electron chi connectivity index (χ0n) is 11.2. The molecular weight excluding hydrogens is 230 g/mol. The van der Waals surface area contributed by atoms with Crippen molar-refractivity contribution in [2.75, 3.05) is 12.3 Å². The van der Waals surface area contributed by atoms with Crippen LogP contribution >= 0.6 is 0 Å². The predicted octanol–water partition coefficient (Wildman–Crippen LogP) is 1.93. The number of imidazole rings is 1. The van der Waals surface area contributed by atoms with Crippen molar-refractivity contribution in [3.63, 3.8) is 0 Å². The molecule has 0 saturated heterocycles. The van der Waals surface area contributed by atoms with E-state index in [0.29, 0.717) is 23.7 Å². The van der Waals surface area contributed by atoms with Crippen molar-refractivity contribution in [1.29, 1.82) is 0 Å². The van der Waals surface area contributed by atoms with Crippen molar-refractivity contribution in [1.82, 2.24) is 19.5 Å². The first-order chi connectivity index (χ1) is 8.72. The molecule has 0 aliphatic heterocycles. The van der Waals surface area contributed by atoms with E-state index in [1.165, 1.54) is 0 Å². The summed E-state index contributed by atoms with van der Waals surface area (Å²) in [7, 11) is 1.84. The van der Waals surface area contributed by atoms with Crippen LogP contribution in [0.1, 0.15) is 20.8 Å². The van der Waals surface area contributed by atoms with Gasteiger partial charge in [0.05, 0.1) is 6.33 Å². The maximum Gasteiger partial charge on any atom is 0.247 e. The zero-order valence-corrected chi connectivity index (χ0v) is 11.2. The molecule has 98 valence electrons. The average molecular weight is 249 g/mol. The van der Waals surface area contributed by atoms with Crippen LogP contribution in [0, 0.1) is 0 Å². The van der Waals surface area contributed by atoms with Gasteiger partial charge in [-0.15, -0.1) is 0 Å². The van der Waals surface area contributed by atoms with Gasteiger partial charge in [0.25, 0.3) is 0 Å². The fraction of sp³-hybridized carbons (Fsp3) is 0.417. The minimum Gasteiger partial charge on any atom is -0.472 e. The van der Waals surface area contributed by atoms with Gasteiger partial charge in [0.1, 0.15) is 6.61 Å². The van der Waals surface area contributed by atoms with Crippen LogP contribution in [-0.2, 0) is 7.05 Å². The summed E-state index contributed by atoms with van der Waals surface area (Å²) in [5.74, 6) is 0.604. The van der Waals surface area contributed by atoms with Gasteiger partial charge in [-0.1, -0.05) is 26.0 Å². The second kappa shape index (κ2) is 6.58. The normalized spacial score (nSPS) is 10.4. The molecule has 6 nitrogen and oxygen atoms in total. The molecule has 2 aromatic heterocycles. The van der Waals surface area contributed by atoms with Crippen molar-refractivity contribution in [3.05, 3.63) is 18.5 Å². The van der Waals surface area contributed by atoms with E-state index in [9.17, 15) is 0 Å². The number of nitrogens with zero attached hydrogens (tertiary/aromatic N) is 4. The summed E-state index contributed by atoms with van der Waals surface area (Å²) in [5, 5.41) is 0. The summed E-state index contributed by atoms with van der Waals surface area (Å²) in [4.78, 5) is 12.3. The molecule has 2 N–H and O–H groups in total. The van der Waals surface area contributed by atoms with Crippen LogP contribution < -0.4 is 10.5 Å². The van der Waals surface area contributed by atoms with E-state index >= 15 is 0 Å². The van der Waals surface area contributed by atoms with Crippen molar-refractivity contribution in [2.24, 2.45) is 7.05 Å². The molecule has 2 rings (SSSR count). The van der Waals surface area contributed by atoms with E-state index in [4.69, 9.17) is 10.5 Å². The van der Waals surface area contributed by atoms with E-state index < -0.39 is 0 Å². The van der Waals surface area contributed by atoms with Gasteiger partial charge in [0, 0.05) is 7.05 Å². The van der Waals surface area contributed by atoms with Crippen LogP contribution in [0.4, 0.5) is 5.95 Å². The summed E-state index contributed by atoms with van der Waals surface area (Å²) in [5.41, 5.74) is 6.89. The zero-order chi connectivity index (χ0) is 13.5. The van der Waals surface area contributed by atoms with Crippen LogP contribution in [0.2, 0.25) is 0 Å². The van der Waals surface area contributed by atoms with Crippen LogP contribution in [0.15, 0.2) is 18.5 Å². The van der Waals surface area contributed by atoms with Gasteiger partial charge in [-0.2, -0.15) is 9.97 Å². The molecule has 0 radical (unpaired) electrons. The largest absolute Gasteiger partial charge is 0.472 e. The number of nitrogen functional groups attached to an aromatic ring is 1. The highest BCUT2D eigenvalue weighted by Crippen LogP contribution is 2.20. The lowest BCUT2D eigenvalue weighted by Gasteiger charge is -2.03. The lowest BCUT2D eigenvalue weighted by molar-refractivity contribution is 0.352. The van der Waals surface area contributed by atoms with Gasteiger partial charge in [-0.25, -0.2) is 4.98 Å². The quantitative estimate of drug-likeness (QED) is 0.841. The SMILES string of the molecule is C/C=C/COc1nc(N)nc2c1ncn2C.CC. The Bertz CT molecular complexity index is 532. The Hall–Kier alpha value is -2.11. The highest BCUT2D eigenvalue weighted by atomic mass is 16.5. The summed E-state index contributed by atoms with van der Waals surface area (Å²) in [6, 6.07) is 0. The minimum absolute atomic E-state index is 0.187. The number of aromatic nitrogens is 4. The Labute approximate surface area is 107 Å². The third-order valence-electron chi connectivity index (χ3n) is 2.10. The van der Waals surface area contributed by atoms with Crippen LogP contribution in [0.3, 0.4) is 0 Å². The molecule has 0 aromatic carbocycles. The second-order valence-electron chi connectivity index (χ2n) is 3.29. The molecule has 2 heterocycles. The van der Waals surface area contributed by atoms with Crippen LogP contribution in [0.25, 0.3) is 11.2 Å². The molecule has 6 heteroatoms. The maximum absolute atomic E-state index is 5.60. The van der Waals surface area contributed by atoms with Crippen molar-refractivity contribution in [2.45, 2.75) is 20.8 Å². The summed E-state index contributed by atoms with van der Waals surface area (Å²) in [6.07, 6.45) is 5.44. The van der Waals surface area contributed by atoms with E-state index in [2.05, 4.69) is 15.0 Å². The topological polar surface area (TPSA) is 78.8 Å². The average Bonchev–Trinajstić information content (AvgIpc) is 2.74. The molecule has 0 amide bonds. The number of aryl methyl sites for hydroxylation is 1. The van der Waals surface area contributed by atoms with Gasteiger partial charge >= 0.3 is 0 Å². The summed E-state index contributed by atoms with van der Waals surface area (Å²) >= 11 is 0. The van der Waals surface area contributed by atoms with Crippen molar-refractivity contribution >= 4 is 17.1 Å². The second-order valence-corrected chi connectivity index (χ2v) is 3.29. The molecule has 0 bridgehead atoms. The minimum atomic E-state index is 0.187. The molecule has 0 saturated carbocycles. The van der Waals surface area contributed by atoms with E-state index in [0.717, 1.165) is 0 Å². The first-order valence-corrected chi connectivity index (χ1v) is 5.91. The Morgan fingerprint density at radius 1 is 1.39 bits per heavy atom. The number of anilines is 1. The number of hydrogen-bond donors (Lipinski definition) is 1. The fourth-order valence-corrected chi connectivity index (χ4v) is 1.32. The van der Waals surface area contributed by atoms with E-state index in [1.54, 1.807) is 10.9 Å². The number of nitrogens with two attached hydrogens (primary N) is 1. The van der Waals surface area contributed by atoms with Crippen LogP contribution in [0.5, 0.6) is 5.88 Å². The Kier molecular flexibility index (Phi) is 5.10.